The van der Waals surface area contributed by atoms with Crippen molar-refractivity contribution in [1.29, 1.82) is 0 Å². The van der Waals surface area contributed by atoms with E-state index in [1.807, 2.05) is 0 Å². The Hall–Kier alpha value is -2.74. The molecule has 2 aromatic carbocycles. The molecule has 0 amide bonds. The molecule has 2 heterocycles. The average molecular weight is 466 g/mol. The lowest BCUT2D eigenvalue weighted by molar-refractivity contribution is 0.356. The zero-order valence-corrected chi connectivity index (χ0v) is 18.1. The van der Waals surface area contributed by atoms with Crippen molar-refractivity contribution in [2.45, 2.75) is 6.54 Å². The van der Waals surface area contributed by atoms with E-state index in [0.717, 1.165) is 10.9 Å². The summed E-state index contributed by atoms with van der Waals surface area (Å²) < 4.78 is 16.1. The fourth-order valence-electron chi connectivity index (χ4n) is 2.95. The Balaban J connectivity index is 1.62. The van der Waals surface area contributed by atoms with Gasteiger partial charge < -0.3 is 19.3 Å². The number of nitrogens with one attached hydrogen (secondary N) is 1. The normalized spacial score (nSPS) is 11.0. The van der Waals surface area contributed by atoms with Gasteiger partial charge in [0.15, 0.2) is 17.3 Å². The summed E-state index contributed by atoms with van der Waals surface area (Å²) in [5, 5.41) is 9.14. The number of hydrogen-bond acceptors (Lipinski definition) is 7. The van der Waals surface area contributed by atoms with Crippen LogP contribution in [0.15, 0.2) is 40.9 Å². The first-order chi connectivity index (χ1) is 14.5. The van der Waals surface area contributed by atoms with Crippen LogP contribution in [0.5, 0.6) is 11.5 Å². The summed E-state index contributed by atoms with van der Waals surface area (Å²) in [4.78, 5) is 8.54. The molecule has 0 saturated heterocycles. The monoisotopic (exact) mass is 464 g/mol. The first-order valence-corrected chi connectivity index (χ1v) is 9.86. The molecule has 2 aromatic heterocycles. The minimum atomic E-state index is 0.100. The van der Waals surface area contributed by atoms with Gasteiger partial charge in [-0.3, -0.25) is 0 Å². The minimum Gasteiger partial charge on any atom is -0.493 e. The van der Waals surface area contributed by atoms with E-state index in [9.17, 15) is 0 Å². The third kappa shape index (κ3) is 4.09. The Kier molecular flexibility index (Phi) is 5.85. The first-order valence-electron chi connectivity index (χ1n) is 8.72. The van der Waals surface area contributed by atoms with E-state index in [-0.39, 0.29) is 5.28 Å². The minimum absolute atomic E-state index is 0.100. The maximum Gasteiger partial charge on any atom is 0.224 e. The van der Waals surface area contributed by atoms with Gasteiger partial charge >= 0.3 is 0 Å². The van der Waals surface area contributed by atoms with Crippen molar-refractivity contribution in [1.82, 2.24) is 15.1 Å². The number of aromatic nitrogens is 3. The Morgan fingerprint density at radius 1 is 0.967 bits per heavy atom. The van der Waals surface area contributed by atoms with Crippen LogP contribution in [0.3, 0.4) is 0 Å². The standard InChI is InChI=1S/C20H15Cl3N4O3/c1-28-17-7-13-15(8-18(17)29-2)25-20(23)26-19(13)24-9-11-6-16(27-30-11)12-4-3-10(21)5-14(12)22/h3-8H,9H2,1-2H3,(H,24,25,26). The predicted molar refractivity (Wildman–Crippen MR) is 117 cm³/mol. The zero-order valence-electron chi connectivity index (χ0n) is 15.9. The molecule has 1 N–H and O–H groups in total. The van der Waals surface area contributed by atoms with Crippen molar-refractivity contribution in [2.24, 2.45) is 0 Å². The maximum atomic E-state index is 6.25. The van der Waals surface area contributed by atoms with Crippen molar-refractivity contribution in [3.63, 3.8) is 0 Å². The smallest absolute Gasteiger partial charge is 0.224 e. The molecule has 0 bridgehead atoms. The average Bonchev–Trinajstić information content (AvgIpc) is 3.19. The Bertz CT molecular complexity index is 1230. The second-order valence-corrected chi connectivity index (χ2v) is 7.40. The predicted octanol–water partition coefficient (Wildman–Crippen LogP) is 5.87. The van der Waals surface area contributed by atoms with Crippen LogP contribution >= 0.6 is 34.8 Å². The van der Waals surface area contributed by atoms with Gasteiger partial charge in [0.25, 0.3) is 0 Å². The summed E-state index contributed by atoms with van der Waals surface area (Å²) in [6.45, 7) is 0.314. The van der Waals surface area contributed by atoms with Crippen molar-refractivity contribution >= 4 is 51.5 Å². The number of fused-ring (bicyclic) bond motifs is 1. The third-order valence-electron chi connectivity index (χ3n) is 4.37. The van der Waals surface area contributed by atoms with Crippen LogP contribution in [-0.2, 0) is 6.54 Å². The maximum absolute atomic E-state index is 6.25. The second-order valence-electron chi connectivity index (χ2n) is 6.22. The summed E-state index contributed by atoms with van der Waals surface area (Å²) >= 11 is 18.3. The van der Waals surface area contributed by atoms with Gasteiger partial charge in [-0.25, -0.2) is 9.97 Å². The molecular formula is C20H15Cl3N4O3. The third-order valence-corrected chi connectivity index (χ3v) is 5.09. The lowest BCUT2D eigenvalue weighted by Crippen LogP contribution is -2.03. The number of nitrogens with zero attached hydrogens (tertiary/aromatic N) is 3. The molecule has 4 rings (SSSR count). The molecule has 0 aliphatic heterocycles. The largest absolute Gasteiger partial charge is 0.493 e. The van der Waals surface area contributed by atoms with Gasteiger partial charge in [0.2, 0.25) is 5.28 Å². The van der Waals surface area contributed by atoms with Crippen LogP contribution in [0.25, 0.3) is 22.2 Å². The van der Waals surface area contributed by atoms with E-state index in [1.165, 1.54) is 0 Å². The van der Waals surface area contributed by atoms with Crippen molar-refractivity contribution in [3.05, 3.63) is 57.5 Å². The molecule has 0 aliphatic carbocycles. The number of ether oxygens (including phenoxy) is 2. The quantitative estimate of drug-likeness (QED) is 0.356. The molecular weight excluding hydrogens is 451 g/mol. The van der Waals surface area contributed by atoms with Gasteiger partial charge in [-0.2, -0.15) is 0 Å². The molecule has 0 aliphatic rings. The van der Waals surface area contributed by atoms with Crippen molar-refractivity contribution < 1.29 is 14.0 Å². The second kappa shape index (κ2) is 8.55. The van der Waals surface area contributed by atoms with Crippen LogP contribution in [0.2, 0.25) is 15.3 Å². The summed E-state index contributed by atoms with van der Waals surface area (Å²) in [6, 6.07) is 10.5. The molecule has 0 spiro atoms. The highest BCUT2D eigenvalue weighted by Crippen LogP contribution is 2.35. The summed E-state index contributed by atoms with van der Waals surface area (Å²) in [6.07, 6.45) is 0. The van der Waals surface area contributed by atoms with Crippen LogP contribution < -0.4 is 14.8 Å². The van der Waals surface area contributed by atoms with E-state index < -0.39 is 0 Å². The van der Waals surface area contributed by atoms with Gasteiger partial charge in [0.1, 0.15) is 11.5 Å². The van der Waals surface area contributed by atoms with Crippen LogP contribution in [0, 0.1) is 0 Å². The van der Waals surface area contributed by atoms with Crippen molar-refractivity contribution in [2.75, 3.05) is 19.5 Å². The summed E-state index contributed by atoms with van der Waals surface area (Å²) in [5.74, 6) is 2.21. The van der Waals surface area contributed by atoms with E-state index in [2.05, 4.69) is 20.4 Å². The molecule has 0 atom stereocenters. The van der Waals surface area contributed by atoms with Crippen LogP contribution in [0.1, 0.15) is 5.76 Å². The fraction of sp³-hybridized carbons (Fsp3) is 0.150. The van der Waals surface area contributed by atoms with Gasteiger partial charge in [-0.15, -0.1) is 0 Å². The number of rotatable bonds is 6. The highest BCUT2D eigenvalue weighted by molar-refractivity contribution is 6.36. The Labute approximate surface area is 186 Å². The number of methoxy groups -OCH3 is 2. The highest BCUT2D eigenvalue weighted by atomic mass is 35.5. The van der Waals surface area contributed by atoms with Crippen LogP contribution in [-0.4, -0.2) is 29.3 Å². The lowest BCUT2D eigenvalue weighted by Gasteiger charge is -2.12. The first kappa shape index (κ1) is 20.5. The van der Waals surface area contributed by atoms with Crippen LogP contribution in [0.4, 0.5) is 5.82 Å². The Morgan fingerprint density at radius 2 is 1.73 bits per heavy atom. The highest BCUT2D eigenvalue weighted by Gasteiger charge is 2.14. The number of halogens is 3. The topological polar surface area (TPSA) is 82.3 Å². The summed E-state index contributed by atoms with van der Waals surface area (Å²) in [5.41, 5.74) is 1.94. The fourth-order valence-corrected chi connectivity index (χ4v) is 3.63. The molecule has 4 aromatic rings. The molecule has 0 radical (unpaired) electrons. The van der Waals surface area contributed by atoms with E-state index in [1.54, 1.807) is 50.6 Å². The van der Waals surface area contributed by atoms with Gasteiger partial charge in [-0.05, 0) is 35.9 Å². The molecule has 7 nitrogen and oxygen atoms in total. The number of anilines is 1. The van der Waals surface area contributed by atoms with Gasteiger partial charge in [0.05, 0.1) is 31.3 Å². The summed E-state index contributed by atoms with van der Waals surface area (Å²) in [7, 11) is 3.12. The van der Waals surface area contributed by atoms with Gasteiger partial charge in [-0.1, -0.05) is 28.4 Å². The van der Waals surface area contributed by atoms with Gasteiger partial charge in [0, 0.05) is 28.1 Å². The molecule has 30 heavy (non-hydrogen) atoms. The zero-order chi connectivity index (χ0) is 21.3. The molecule has 0 unspecified atom stereocenters. The lowest BCUT2D eigenvalue weighted by atomic mass is 10.1. The number of hydrogen-bond donors (Lipinski definition) is 1. The van der Waals surface area contributed by atoms with Crippen molar-refractivity contribution in [3.8, 4) is 22.8 Å². The number of benzene rings is 2. The molecule has 10 heteroatoms. The van der Waals surface area contributed by atoms with E-state index >= 15 is 0 Å². The SMILES string of the molecule is COc1cc2nc(Cl)nc(NCc3cc(-c4ccc(Cl)cc4Cl)no3)c2cc1OC. The Morgan fingerprint density at radius 3 is 2.47 bits per heavy atom. The molecule has 0 fully saturated rings. The van der Waals surface area contributed by atoms with E-state index in [4.69, 9.17) is 48.8 Å². The molecule has 0 saturated carbocycles. The van der Waals surface area contributed by atoms with E-state index in [0.29, 0.717) is 50.9 Å². The molecule has 154 valence electrons.